The second kappa shape index (κ2) is 8.64. The first kappa shape index (κ1) is 18.8. The highest BCUT2D eigenvalue weighted by Gasteiger charge is 2.28. The van der Waals surface area contributed by atoms with Gasteiger partial charge in [-0.3, -0.25) is 4.79 Å². The van der Waals surface area contributed by atoms with Crippen LogP contribution in [0.1, 0.15) is 36.9 Å². The Morgan fingerprint density at radius 3 is 2.42 bits per heavy atom. The molecule has 0 aliphatic heterocycles. The predicted octanol–water partition coefficient (Wildman–Crippen LogP) is 2.21. The summed E-state index contributed by atoms with van der Waals surface area (Å²) >= 11 is 1.42. The first-order valence-corrected chi connectivity index (χ1v) is 9.96. The molecule has 2 aromatic rings. The number of amides is 1. The number of tetrazole rings is 1. The molecular formula is C18H26N6OS. The van der Waals surface area contributed by atoms with Crippen LogP contribution in [0.15, 0.2) is 29.4 Å². The van der Waals surface area contributed by atoms with E-state index >= 15 is 0 Å². The van der Waals surface area contributed by atoms with Crippen molar-refractivity contribution < 1.29 is 4.79 Å². The summed E-state index contributed by atoms with van der Waals surface area (Å²) in [6.07, 6.45) is 2.24. The maximum Gasteiger partial charge on any atom is 0.233 e. The number of hydrogen-bond donors (Lipinski definition) is 0. The summed E-state index contributed by atoms with van der Waals surface area (Å²) in [5.41, 5.74) is 2.42. The van der Waals surface area contributed by atoms with Crippen molar-refractivity contribution in [1.82, 2.24) is 30.0 Å². The molecule has 1 saturated carbocycles. The van der Waals surface area contributed by atoms with Crippen LogP contribution in [-0.4, -0.2) is 62.3 Å². The van der Waals surface area contributed by atoms with Crippen molar-refractivity contribution in [3.8, 4) is 0 Å². The van der Waals surface area contributed by atoms with Crippen LogP contribution in [0, 0.1) is 0 Å². The highest BCUT2D eigenvalue weighted by Crippen LogP contribution is 2.36. The fraction of sp³-hybridized carbons (Fsp3) is 0.556. The average molecular weight is 375 g/mol. The van der Waals surface area contributed by atoms with Gasteiger partial charge in [0.05, 0.1) is 11.8 Å². The third-order valence-corrected chi connectivity index (χ3v) is 5.23. The Morgan fingerprint density at radius 1 is 1.19 bits per heavy atom. The molecule has 1 fully saturated rings. The van der Waals surface area contributed by atoms with Crippen molar-refractivity contribution in [2.24, 2.45) is 0 Å². The molecule has 0 atom stereocenters. The number of carbonyl (C=O) groups is 1. The van der Waals surface area contributed by atoms with Crippen LogP contribution in [0.3, 0.4) is 0 Å². The van der Waals surface area contributed by atoms with E-state index in [2.05, 4.69) is 58.8 Å². The number of hydrogen-bond acceptors (Lipinski definition) is 6. The van der Waals surface area contributed by atoms with Crippen molar-refractivity contribution in [3.63, 3.8) is 0 Å². The first-order valence-electron chi connectivity index (χ1n) is 8.97. The molecule has 1 amide bonds. The lowest BCUT2D eigenvalue weighted by atomic mass is 10.1. The van der Waals surface area contributed by atoms with Gasteiger partial charge < -0.3 is 9.80 Å². The molecule has 1 aromatic carbocycles. The Kier molecular flexibility index (Phi) is 6.26. The number of thioether (sulfide) groups is 1. The van der Waals surface area contributed by atoms with E-state index in [1.807, 2.05) is 16.5 Å². The Morgan fingerprint density at radius 2 is 1.85 bits per heavy atom. The van der Waals surface area contributed by atoms with Crippen LogP contribution >= 0.6 is 11.8 Å². The molecule has 3 rings (SSSR count). The van der Waals surface area contributed by atoms with E-state index in [0.717, 1.165) is 30.1 Å². The van der Waals surface area contributed by atoms with Gasteiger partial charge >= 0.3 is 0 Å². The van der Waals surface area contributed by atoms with E-state index < -0.39 is 0 Å². The van der Waals surface area contributed by atoms with Gasteiger partial charge in [-0.25, -0.2) is 4.68 Å². The molecule has 1 heterocycles. The summed E-state index contributed by atoms with van der Waals surface area (Å²) in [6, 6.07) is 8.90. The minimum atomic E-state index is 0.111. The van der Waals surface area contributed by atoms with E-state index in [0.29, 0.717) is 24.9 Å². The minimum Gasteiger partial charge on any atom is -0.338 e. The highest BCUT2D eigenvalue weighted by molar-refractivity contribution is 7.99. The van der Waals surface area contributed by atoms with Gasteiger partial charge in [-0.15, -0.1) is 5.10 Å². The van der Waals surface area contributed by atoms with E-state index in [1.54, 1.807) is 0 Å². The summed E-state index contributed by atoms with van der Waals surface area (Å²) in [4.78, 5) is 16.6. The van der Waals surface area contributed by atoms with Gasteiger partial charge in [-0.1, -0.05) is 36.0 Å². The van der Waals surface area contributed by atoms with Crippen molar-refractivity contribution in [2.75, 3.05) is 26.4 Å². The van der Waals surface area contributed by atoms with Crippen LogP contribution in [0.2, 0.25) is 0 Å². The van der Waals surface area contributed by atoms with Gasteiger partial charge in [-0.05, 0) is 55.4 Å². The van der Waals surface area contributed by atoms with Crippen molar-refractivity contribution >= 4 is 17.7 Å². The van der Waals surface area contributed by atoms with Crippen molar-refractivity contribution in [2.45, 2.75) is 44.1 Å². The summed E-state index contributed by atoms with van der Waals surface area (Å²) in [6.45, 7) is 4.25. The molecule has 140 valence electrons. The molecule has 7 nitrogen and oxygen atoms in total. The van der Waals surface area contributed by atoms with Gasteiger partial charge in [0.25, 0.3) is 0 Å². The summed E-state index contributed by atoms with van der Waals surface area (Å²) in [7, 11) is 4.12. The molecule has 0 bridgehead atoms. The number of rotatable bonds is 9. The van der Waals surface area contributed by atoms with Crippen LogP contribution in [0.5, 0.6) is 0 Å². The van der Waals surface area contributed by atoms with Gasteiger partial charge in [0.15, 0.2) is 0 Å². The minimum absolute atomic E-state index is 0.111. The standard InChI is InChI=1S/C18H26N6OS/c1-4-23(12-15-7-5-14(6-8-15)11-22(2)3)17(25)13-26-18-19-20-21-24(18)16-9-10-16/h5-8,16H,4,9-13H2,1-3H3. The van der Waals surface area contributed by atoms with Crippen LogP contribution < -0.4 is 0 Å². The zero-order valence-electron chi connectivity index (χ0n) is 15.6. The smallest absolute Gasteiger partial charge is 0.233 e. The SMILES string of the molecule is CCN(Cc1ccc(CN(C)C)cc1)C(=O)CSc1nnnn1C1CC1. The molecule has 1 aromatic heterocycles. The van der Waals surface area contributed by atoms with E-state index in [4.69, 9.17) is 0 Å². The lowest BCUT2D eigenvalue weighted by Crippen LogP contribution is -2.31. The topological polar surface area (TPSA) is 67.2 Å². The summed E-state index contributed by atoms with van der Waals surface area (Å²) in [5.74, 6) is 0.472. The van der Waals surface area contributed by atoms with Gasteiger partial charge in [-0.2, -0.15) is 0 Å². The maximum absolute atomic E-state index is 12.6. The van der Waals surface area contributed by atoms with Gasteiger partial charge in [0.1, 0.15) is 0 Å². The first-order chi connectivity index (χ1) is 12.6. The molecule has 26 heavy (non-hydrogen) atoms. The fourth-order valence-corrected chi connectivity index (χ4v) is 3.61. The molecule has 0 unspecified atom stereocenters. The summed E-state index contributed by atoms with van der Waals surface area (Å²) in [5, 5.41) is 12.5. The third kappa shape index (κ3) is 5.04. The number of benzene rings is 1. The molecule has 0 radical (unpaired) electrons. The van der Waals surface area contributed by atoms with Gasteiger partial charge in [0, 0.05) is 19.6 Å². The quantitative estimate of drug-likeness (QED) is 0.627. The Hall–Kier alpha value is -1.93. The van der Waals surface area contributed by atoms with E-state index in [-0.39, 0.29) is 5.91 Å². The number of carbonyl (C=O) groups excluding carboxylic acids is 1. The third-order valence-electron chi connectivity index (χ3n) is 4.31. The predicted molar refractivity (Wildman–Crippen MR) is 102 cm³/mol. The highest BCUT2D eigenvalue weighted by atomic mass is 32.2. The molecule has 8 heteroatoms. The Balaban J connectivity index is 1.54. The largest absolute Gasteiger partial charge is 0.338 e. The van der Waals surface area contributed by atoms with E-state index in [1.165, 1.54) is 17.3 Å². The monoisotopic (exact) mass is 374 g/mol. The second-order valence-electron chi connectivity index (χ2n) is 6.89. The van der Waals surface area contributed by atoms with Crippen molar-refractivity contribution in [3.05, 3.63) is 35.4 Å². The lowest BCUT2D eigenvalue weighted by molar-refractivity contribution is -0.128. The lowest BCUT2D eigenvalue weighted by Gasteiger charge is -2.21. The second-order valence-corrected chi connectivity index (χ2v) is 7.83. The Labute approximate surface area is 158 Å². The Bertz CT molecular complexity index is 726. The number of aromatic nitrogens is 4. The van der Waals surface area contributed by atoms with Crippen LogP contribution in [-0.2, 0) is 17.9 Å². The molecule has 0 spiro atoms. The van der Waals surface area contributed by atoms with E-state index in [9.17, 15) is 4.79 Å². The number of nitrogens with zero attached hydrogens (tertiary/aromatic N) is 6. The summed E-state index contributed by atoms with van der Waals surface area (Å²) < 4.78 is 1.84. The van der Waals surface area contributed by atoms with Crippen LogP contribution in [0.25, 0.3) is 0 Å². The fourth-order valence-electron chi connectivity index (χ4n) is 2.76. The zero-order valence-corrected chi connectivity index (χ0v) is 16.4. The molecule has 0 saturated heterocycles. The van der Waals surface area contributed by atoms with Gasteiger partial charge in [0.2, 0.25) is 11.1 Å². The molecule has 1 aliphatic rings. The van der Waals surface area contributed by atoms with Crippen molar-refractivity contribution in [1.29, 1.82) is 0 Å². The average Bonchev–Trinajstić information content (AvgIpc) is 3.36. The molecule has 0 N–H and O–H groups in total. The molecule has 1 aliphatic carbocycles. The molecular weight excluding hydrogens is 348 g/mol. The normalized spacial score (nSPS) is 14.0. The maximum atomic E-state index is 12.6. The van der Waals surface area contributed by atoms with Crippen LogP contribution in [0.4, 0.5) is 0 Å². The zero-order chi connectivity index (χ0) is 18.5.